The van der Waals surface area contributed by atoms with Crippen LogP contribution in [-0.2, 0) is 24.3 Å². The minimum Gasteiger partial charge on any atom is -0.480 e. The highest BCUT2D eigenvalue weighted by molar-refractivity contribution is 7.89. The lowest BCUT2D eigenvalue weighted by Gasteiger charge is -2.26. The molecule has 0 spiro atoms. The van der Waals surface area contributed by atoms with Crippen LogP contribution in [0.15, 0.2) is 23.1 Å². The number of hydrogen-bond acceptors (Lipinski definition) is 6. The van der Waals surface area contributed by atoms with Crippen LogP contribution in [0.4, 0.5) is 0 Å². The fourth-order valence-corrected chi connectivity index (χ4v) is 4.10. The number of nitrogens with zero attached hydrogens (tertiary/aromatic N) is 1. The van der Waals surface area contributed by atoms with E-state index in [9.17, 15) is 18.0 Å². The van der Waals surface area contributed by atoms with Crippen molar-refractivity contribution < 1.29 is 32.6 Å². The number of hydrogen-bond donors (Lipinski definition) is 2. The number of aryl methyl sites for hydroxylation is 1. The quantitative estimate of drug-likeness (QED) is 0.596. The molecular weight excluding hydrogens is 364 g/mol. The van der Waals surface area contributed by atoms with Crippen molar-refractivity contribution in [3.05, 3.63) is 29.3 Å². The number of carbonyl (C=O) groups is 2. The summed E-state index contributed by atoms with van der Waals surface area (Å²) in [6, 6.07) is 4.48. The Kier molecular flexibility index (Phi) is 7.09. The first-order valence-corrected chi connectivity index (χ1v) is 9.52. The summed E-state index contributed by atoms with van der Waals surface area (Å²) in [5.74, 6) is -1.55. The smallest absolute Gasteiger partial charge is 0.329 e. The van der Waals surface area contributed by atoms with Crippen molar-refractivity contribution >= 4 is 21.9 Å². The number of carbonyl (C=O) groups excluding carboxylic acids is 1. The molecule has 0 unspecified atom stereocenters. The van der Waals surface area contributed by atoms with Gasteiger partial charge in [-0.3, -0.25) is 4.79 Å². The number of morpholine rings is 1. The van der Waals surface area contributed by atoms with Crippen LogP contribution in [-0.4, -0.2) is 75.8 Å². The molecule has 1 fully saturated rings. The minimum atomic E-state index is -3.70. The second-order valence-corrected chi connectivity index (χ2v) is 7.61. The summed E-state index contributed by atoms with van der Waals surface area (Å²) in [6.07, 6.45) is 0. The van der Waals surface area contributed by atoms with Gasteiger partial charge >= 0.3 is 5.97 Å². The maximum absolute atomic E-state index is 12.8. The van der Waals surface area contributed by atoms with E-state index < -0.39 is 28.5 Å². The molecule has 1 amide bonds. The summed E-state index contributed by atoms with van der Waals surface area (Å²) >= 11 is 0. The third-order valence-corrected chi connectivity index (χ3v) is 5.84. The molecule has 0 radical (unpaired) electrons. The zero-order chi connectivity index (χ0) is 19.2. The number of benzene rings is 1. The largest absolute Gasteiger partial charge is 0.480 e. The Morgan fingerprint density at radius 2 is 2.00 bits per heavy atom. The number of nitrogens with one attached hydrogen (secondary N) is 1. The van der Waals surface area contributed by atoms with E-state index in [-0.39, 0.29) is 36.7 Å². The third kappa shape index (κ3) is 5.24. The first kappa shape index (κ1) is 20.3. The molecular formula is C16H22N2O7S. The first-order chi connectivity index (χ1) is 12.3. The second kappa shape index (κ2) is 9.08. The van der Waals surface area contributed by atoms with Gasteiger partial charge in [0.15, 0.2) is 0 Å². The number of rotatable bonds is 8. The molecule has 0 saturated carbocycles. The summed E-state index contributed by atoms with van der Waals surface area (Å²) in [5, 5.41) is 11.0. The van der Waals surface area contributed by atoms with Gasteiger partial charge in [-0.15, -0.1) is 0 Å². The monoisotopic (exact) mass is 386 g/mol. The van der Waals surface area contributed by atoms with Crippen molar-refractivity contribution in [1.29, 1.82) is 0 Å². The number of amides is 1. The Balaban J connectivity index is 2.06. The predicted octanol–water partition coefficient (Wildman–Crippen LogP) is -0.153. The van der Waals surface area contributed by atoms with Gasteiger partial charge in [0, 0.05) is 25.2 Å². The average molecular weight is 386 g/mol. The highest BCUT2D eigenvalue weighted by Gasteiger charge is 2.28. The molecule has 1 aromatic rings. The lowest BCUT2D eigenvalue weighted by Crippen LogP contribution is -2.41. The maximum atomic E-state index is 12.8. The van der Waals surface area contributed by atoms with E-state index in [0.717, 1.165) is 0 Å². The zero-order valence-electron chi connectivity index (χ0n) is 14.4. The van der Waals surface area contributed by atoms with Crippen molar-refractivity contribution in [1.82, 2.24) is 9.62 Å². The summed E-state index contributed by atoms with van der Waals surface area (Å²) in [6.45, 7) is 2.63. The molecule has 0 atom stereocenters. The fourth-order valence-electron chi connectivity index (χ4n) is 2.44. The van der Waals surface area contributed by atoms with Crippen molar-refractivity contribution in [3.8, 4) is 0 Å². The topological polar surface area (TPSA) is 122 Å². The Labute approximate surface area is 151 Å². The molecule has 1 aliphatic rings. The number of aliphatic carboxylic acids is 1. The van der Waals surface area contributed by atoms with E-state index in [1.807, 2.05) is 0 Å². The SMILES string of the molecule is Cc1ccc(C(=O)NCCOCC(=O)O)cc1S(=O)(=O)N1CCOCC1. The molecule has 0 bridgehead atoms. The van der Waals surface area contributed by atoms with E-state index in [2.05, 4.69) is 5.32 Å². The van der Waals surface area contributed by atoms with E-state index in [1.54, 1.807) is 19.1 Å². The lowest BCUT2D eigenvalue weighted by atomic mass is 10.1. The Morgan fingerprint density at radius 1 is 1.31 bits per heavy atom. The molecule has 2 rings (SSSR count). The Morgan fingerprint density at radius 3 is 2.65 bits per heavy atom. The molecule has 1 aliphatic heterocycles. The lowest BCUT2D eigenvalue weighted by molar-refractivity contribution is -0.142. The molecule has 26 heavy (non-hydrogen) atoms. The molecule has 2 N–H and O–H groups in total. The molecule has 1 heterocycles. The predicted molar refractivity (Wildman–Crippen MR) is 91.5 cm³/mol. The maximum Gasteiger partial charge on any atom is 0.329 e. The highest BCUT2D eigenvalue weighted by Crippen LogP contribution is 2.22. The molecule has 1 saturated heterocycles. The van der Waals surface area contributed by atoms with Crippen LogP contribution >= 0.6 is 0 Å². The van der Waals surface area contributed by atoms with Gasteiger partial charge in [0.2, 0.25) is 10.0 Å². The van der Waals surface area contributed by atoms with Gasteiger partial charge in [0.05, 0.1) is 24.7 Å². The Bertz CT molecular complexity index is 758. The van der Waals surface area contributed by atoms with Gasteiger partial charge in [-0.25, -0.2) is 13.2 Å². The van der Waals surface area contributed by atoms with Gasteiger partial charge in [-0.1, -0.05) is 6.07 Å². The van der Waals surface area contributed by atoms with Gasteiger partial charge in [-0.2, -0.15) is 4.31 Å². The number of carboxylic acid groups (broad SMARTS) is 1. The summed E-state index contributed by atoms with van der Waals surface area (Å²) in [7, 11) is -3.70. The molecule has 144 valence electrons. The van der Waals surface area contributed by atoms with Gasteiger partial charge in [0.1, 0.15) is 6.61 Å². The normalized spacial score (nSPS) is 15.6. The van der Waals surface area contributed by atoms with Crippen molar-refractivity contribution in [3.63, 3.8) is 0 Å². The van der Waals surface area contributed by atoms with Crippen LogP contribution in [0.1, 0.15) is 15.9 Å². The Hall–Kier alpha value is -2.01. The van der Waals surface area contributed by atoms with E-state index in [1.165, 1.54) is 10.4 Å². The first-order valence-electron chi connectivity index (χ1n) is 8.08. The van der Waals surface area contributed by atoms with Crippen molar-refractivity contribution in [2.24, 2.45) is 0 Å². The highest BCUT2D eigenvalue weighted by atomic mass is 32.2. The summed E-state index contributed by atoms with van der Waals surface area (Å²) in [5.41, 5.74) is 0.763. The average Bonchev–Trinajstić information content (AvgIpc) is 2.62. The minimum absolute atomic E-state index is 0.0445. The van der Waals surface area contributed by atoms with Crippen LogP contribution < -0.4 is 5.32 Å². The summed E-state index contributed by atoms with van der Waals surface area (Å²) < 4.78 is 37.0. The number of carboxylic acids is 1. The fraction of sp³-hybridized carbons (Fsp3) is 0.500. The van der Waals surface area contributed by atoms with Crippen LogP contribution in [0.5, 0.6) is 0 Å². The molecule has 10 heteroatoms. The van der Waals surface area contributed by atoms with Gasteiger partial charge < -0.3 is 19.9 Å². The van der Waals surface area contributed by atoms with Gasteiger partial charge in [-0.05, 0) is 24.6 Å². The second-order valence-electron chi connectivity index (χ2n) is 5.70. The molecule has 9 nitrogen and oxygen atoms in total. The van der Waals surface area contributed by atoms with E-state index >= 15 is 0 Å². The van der Waals surface area contributed by atoms with E-state index in [0.29, 0.717) is 18.8 Å². The van der Waals surface area contributed by atoms with Crippen molar-refractivity contribution in [2.75, 3.05) is 46.1 Å². The van der Waals surface area contributed by atoms with E-state index in [4.69, 9.17) is 14.6 Å². The number of sulfonamides is 1. The van der Waals surface area contributed by atoms with Gasteiger partial charge in [0.25, 0.3) is 5.91 Å². The van der Waals surface area contributed by atoms with Crippen molar-refractivity contribution in [2.45, 2.75) is 11.8 Å². The zero-order valence-corrected chi connectivity index (χ0v) is 15.3. The number of ether oxygens (including phenoxy) is 2. The molecule has 1 aromatic carbocycles. The summed E-state index contributed by atoms with van der Waals surface area (Å²) in [4.78, 5) is 22.6. The third-order valence-electron chi connectivity index (χ3n) is 3.80. The van der Waals surface area contributed by atoms with Crippen LogP contribution in [0, 0.1) is 6.92 Å². The molecule has 0 aliphatic carbocycles. The standard InChI is InChI=1S/C16H22N2O7S/c1-12-2-3-13(16(21)17-4-7-25-11-15(19)20)10-14(12)26(22,23)18-5-8-24-9-6-18/h2-3,10H,4-9,11H2,1H3,(H,17,21)(H,19,20). The van der Waals surface area contributed by atoms with Crippen LogP contribution in [0.3, 0.4) is 0 Å². The van der Waals surface area contributed by atoms with Crippen LogP contribution in [0.2, 0.25) is 0 Å². The van der Waals surface area contributed by atoms with Crippen LogP contribution in [0.25, 0.3) is 0 Å². The molecule has 0 aromatic heterocycles.